The lowest BCUT2D eigenvalue weighted by Gasteiger charge is -2.22. The molecule has 2 amide bonds. The van der Waals surface area contributed by atoms with E-state index < -0.39 is 6.09 Å². The first-order valence-electron chi connectivity index (χ1n) is 14.1. The number of nitrogens with zero attached hydrogens (tertiary/aromatic N) is 3. The second-order valence-electron chi connectivity index (χ2n) is 9.86. The van der Waals surface area contributed by atoms with Crippen LogP contribution >= 0.6 is 23.2 Å². The summed E-state index contributed by atoms with van der Waals surface area (Å²) in [6.45, 7) is 1.70. The van der Waals surface area contributed by atoms with Crippen molar-refractivity contribution in [2.45, 2.75) is 38.1 Å². The van der Waals surface area contributed by atoms with Gasteiger partial charge in [-0.3, -0.25) is 19.2 Å². The zero-order valence-electron chi connectivity index (χ0n) is 24.5. The van der Waals surface area contributed by atoms with Crippen molar-refractivity contribution in [2.24, 2.45) is 11.6 Å². The molecule has 44 heavy (non-hydrogen) atoms. The summed E-state index contributed by atoms with van der Waals surface area (Å²) in [7, 11) is 1.32. The van der Waals surface area contributed by atoms with E-state index in [1.54, 1.807) is 22.8 Å². The van der Waals surface area contributed by atoms with Gasteiger partial charge in [-0.05, 0) is 55.2 Å². The molecule has 0 fully saturated rings. The van der Waals surface area contributed by atoms with Crippen molar-refractivity contribution in [3.05, 3.63) is 87.2 Å². The van der Waals surface area contributed by atoms with Crippen LogP contribution in [0.5, 0.6) is 0 Å². The van der Waals surface area contributed by atoms with Crippen LogP contribution in [0.2, 0.25) is 5.02 Å². The van der Waals surface area contributed by atoms with Gasteiger partial charge in [-0.25, -0.2) is 15.6 Å². The normalized spacial score (nSPS) is 11.9. The van der Waals surface area contributed by atoms with Gasteiger partial charge in [0.2, 0.25) is 6.41 Å². The number of anilines is 2. The Morgan fingerprint density at radius 3 is 2.66 bits per heavy atom. The van der Waals surface area contributed by atoms with E-state index in [2.05, 4.69) is 25.7 Å². The fraction of sp³-hybridized carbons (Fsp3) is 0.333. The third-order valence-corrected chi connectivity index (χ3v) is 7.07. The van der Waals surface area contributed by atoms with Crippen molar-refractivity contribution in [2.75, 3.05) is 37.1 Å². The van der Waals surface area contributed by atoms with E-state index in [9.17, 15) is 14.4 Å². The van der Waals surface area contributed by atoms with Crippen molar-refractivity contribution >= 4 is 47.1 Å². The number of alkyl carbamates (subject to hydrolysis) is 1. The minimum Gasteiger partial charge on any atom is -0.453 e. The maximum atomic E-state index is 13.6. The number of carbonyl (C=O) groups is 2. The molecule has 2 aromatic carbocycles. The number of hydrogen-bond donors (Lipinski definition) is 5. The van der Waals surface area contributed by atoms with Gasteiger partial charge in [0.15, 0.2) is 0 Å². The van der Waals surface area contributed by atoms with Gasteiger partial charge >= 0.3 is 6.09 Å². The van der Waals surface area contributed by atoms with Gasteiger partial charge in [0, 0.05) is 42.0 Å². The van der Waals surface area contributed by atoms with Crippen LogP contribution in [0.15, 0.2) is 71.0 Å². The number of methoxy groups -OCH3 is 1. The minimum absolute atomic E-state index is 0.0175. The number of hydrogen-bond acceptors (Lipinski definition) is 9. The molecule has 0 saturated heterocycles. The lowest BCUT2D eigenvalue weighted by Crippen LogP contribution is -2.27. The number of benzene rings is 2. The maximum Gasteiger partial charge on any atom is 0.406 e. The number of rotatable bonds is 17. The van der Waals surface area contributed by atoms with Crippen molar-refractivity contribution in [1.29, 1.82) is 0 Å². The molecule has 0 aliphatic rings. The molecule has 1 heterocycles. The summed E-state index contributed by atoms with van der Waals surface area (Å²) >= 11 is 12.1. The van der Waals surface area contributed by atoms with Gasteiger partial charge < -0.3 is 26.4 Å². The number of nitrogens with two attached hydrogens (primary N) is 2. The summed E-state index contributed by atoms with van der Waals surface area (Å²) in [5.41, 5.74) is 8.58. The van der Waals surface area contributed by atoms with E-state index in [0.717, 1.165) is 30.5 Å². The van der Waals surface area contributed by atoms with Crippen LogP contribution in [-0.2, 0) is 9.53 Å². The van der Waals surface area contributed by atoms with Gasteiger partial charge in [0.1, 0.15) is 5.16 Å². The molecular formula is C30H38Cl2N8O4. The molecule has 0 aliphatic heterocycles. The highest BCUT2D eigenvalue weighted by atomic mass is 35.5. The van der Waals surface area contributed by atoms with Gasteiger partial charge in [0.05, 0.1) is 37.1 Å². The van der Waals surface area contributed by atoms with Crippen LogP contribution in [0, 0.1) is 0 Å². The van der Waals surface area contributed by atoms with Gasteiger partial charge in [-0.2, -0.15) is 0 Å². The molecule has 0 spiro atoms. The van der Waals surface area contributed by atoms with E-state index in [1.807, 2.05) is 24.3 Å². The summed E-state index contributed by atoms with van der Waals surface area (Å²) in [6.07, 6.45) is 6.99. The zero-order valence-corrected chi connectivity index (χ0v) is 26.0. The first-order valence-corrected chi connectivity index (χ1v) is 14.9. The minimum atomic E-state index is -0.467. The third kappa shape index (κ3) is 10.5. The Hall–Kier alpha value is -4.26. The van der Waals surface area contributed by atoms with Crippen molar-refractivity contribution in [3.8, 4) is 11.3 Å². The lowest BCUT2D eigenvalue weighted by atomic mass is 9.99. The van der Waals surface area contributed by atoms with E-state index in [1.165, 1.54) is 30.7 Å². The summed E-state index contributed by atoms with van der Waals surface area (Å²) in [5, 5.41) is 10.4. The van der Waals surface area contributed by atoms with Gasteiger partial charge in [-0.1, -0.05) is 48.2 Å². The molecule has 1 unspecified atom stereocenters. The second kappa shape index (κ2) is 17.8. The Morgan fingerprint density at radius 1 is 1.11 bits per heavy atom. The molecule has 236 valence electrons. The zero-order chi connectivity index (χ0) is 31.9. The summed E-state index contributed by atoms with van der Waals surface area (Å²) in [4.78, 5) is 40.1. The average Bonchev–Trinajstić information content (AvgIpc) is 3.00. The Morgan fingerprint density at radius 2 is 1.93 bits per heavy atom. The highest BCUT2D eigenvalue weighted by molar-refractivity contribution is 6.31. The number of amides is 2. The van der Waals surface area contributed by atoms with Crippen molar-refractivity contribution in [3.63, 3.8) is 0 Å². The highest BCUT2D eigenvalue weighted by Crippen LogP contribution is 2.32. The first-order chi connectivity index (χ1) is 21.2. The molecule has 0 saturated carbocycles. The predicted molar refractivity (Wildman–Crippen MR) is 174 cm³/mol. The Labute approximate surface area is 266 Å². The molecule has 0 aliphatic carbocycles. The van der Waals surface area contributed by atoms with Crippen molar-refractivity contribution < 1.29 is 14.3 Å². The monoisotopic (exact) mass is 644 g/mol. The number of hydrazine groups is 1. The fourth-order valence-corrected chi connectivity index (χ4v) is 4.92. The number of ether oxygens (including phenoxy) is 1. The van der Waals surface area contributed by atoms with Crippen LogP contribution in [0.3, 0.4) is 0 Å². The molecule has 1 atom stereocenters. The number of unbranched alkanes of at least 4 members (excludes halogenated alkanes) is 2. The van der Waals surface area contributed by atoms with Crippen LogP contribution in [0.4, 0.5) is 16.2 Å². The average molecular weight is 646 g/mol. The molecule has 0 bridgehead atoms. The van der Waals surface area contributed by atoms with E-state index in [-0.39, 0.29) is 16.8 Å². The van der Waals surface area contributed by atoms with Crippen LogP contribution in [0.25, 0.3) is 11.3 Å². The van der Waals surface area contributed by atoms with Crippen LogP contribution in [-0.4, -0.2) is 48.8 Å². The van der Waals surface area contributed by atoms with Crippen molar-refractivity contribution in [1.82, 2.24) is 20.2 Å². The maximum absolute atomic E-state index is 13.6. The molecule has 12 nitrogen and oxygen atoms in total. The topological polar surface area (TPSA) is 170 Å². The first kappa shape index (κ1) is 34.2. The smallest absolute Gasteiger partial charge is 0.406 e. The number of nitrogens with one attached hydrogen (secondary N) is 3. The molecular weight excluding hydrogens is 607 g/mol. The van der Waals surface area contributed by atoms with Gasteiger partial charge in [0.25, 0.3) is 5.56 Å². The van der Waals surface area contributed by atoms with Crippen LogP contribution < -0.4 is 38.1 Å². The highest BCUT2D eigenvalue weighted by Gasteiger charge is 2.18. The van der Waals surface area contributed by atoms with E-state index in [4.69, 9.17) is 34.8 Å². The summed E-state index contributed by atoms with van der Waals surface area (Å²) < 4.78 is 6.21. The van der Waals surface area contributed by atoms with Crippen LogP contribution in [0.1, 0.15) is 43.7 Å². The number of aromatic nitrogens is 2. The Bertz CT molecular complexity index is 1480. The SMILES string of the molecule is COC(=O)NCCCNc1cccc(C(CCCCCNC=O)n2cnc(-c3cc(Cl)ccc3N(N)/C=C(\N)Cl)cc2=O)c1. The summed E-state index contributed by atoms with van der Waals surface area (Å²) in [5.74, 6) is 6.14. The second-order valence-corrected chi connectivity index (χ2v) is 10.7. The predicted octanol–water partition coefficient (Wildman–Crippen LogP) is 4.29. The molecule has 3 aromatic rings. The fourth-order valence-electron chi connectivity index (χ4n) is 4.64. The Kier molecular flexibility index (Phi) is 13.8. The third-order valence-electron chi connectivity index (χ3n) is 6.74. The number of halogens is 2. The Balaban J connectivity index is 1.88. The van der Waals surface area contributed by atoms with Gasteiger partial charge in [-0.15, -0.1) is 0 Å². The quantitative estimate of drug-likeness (QED) is 0.0473. The lowest BCUT2D eigenvalue weighted by molar-refractivity contribution is -0.109. The standard InChI is InChI=1S/C30H38Cl2N8O4/c1-44-30(43)37-14-6-13-36-23-8-5-7-21(15-23)26(9-3-2-4-12-35-20-41)39-19-38-25(17-29(39)42)24-16-22(31)10-11-27(24)40(34)18-28(32)33/h5,7-8,10-11,15-20,26,36H,2-4,6,9,12-14,33-34H2,1H3,(H,35,41)(H,37,43)/b28-18-. The van der Waals surface area contributed by atoms with E-state index >= 15 is 0 Å². The molecule has 1 aromatic heterocycles. The largest absolute Gasteiger partial charge is 0.453 e. The molecule has 0 radical (unpaired) electrons. The molecule has 7 N–H and O–H groups in total. The van der Waals surface area contributed by atoms with E-state index in [0.29, 0.717) is 60.9 Å². The molecule has 14 heteroatoms. The summed E-state index contributed by atoms with van der Waals surface area (Å²) in [6, 6.07) is 14.0. The molecule has 3 rings (SSSR count). The number of carbonyl (C=O) groups excluding carboxylic acids is 2.